The first-order valence-corrected chi connectivity index (χ1v) is 10.7. The van der Waals surface area contributed by atoms with Gasteiger partial charge in [-0.05, 0) is 48.7 Å². The number of hydrogen-bond acceptors (Lipinski definition) is 6. The number of amides is 1. The van der Waals surface area contributed by atoms with Crippen LogP contribution < -0.4 is 9.47 Å². The Morgan fingerprint density at radius 2 is 1.91 bits per heavy atom. The number of carbonyl (C=O) groups excluding carboxylic acids is 2. The first kappa shape index (κ1) is 22.2. The van der Waals surface area contributed by atoms with Crippen LogP contribution in [0.2, 0.25) is 5.02 Å². The van der Waals surface area contributed by atoms with Gasteiger partial charge >= 0.3 is 0 Å². The van der Waals surface area contributed by atoms with Crippen LogP contribution >= 0.6 is 11.6 Å². The second kappa shape index (κ2) is 9.22. The molecule has 2 aliphatic heterocycles. The Labute approximate surface area is 191 Å². The minimum Gasteiger partial charge on any atom is -0.507 e. The van der Waals surface area contributed by atoms with Gasteiger partial charge in [-0.2, -0.15) is 0 Å². The Kier molecular flexibility index (Phi) is 6.39. The van der Waals surface area contributed by atoms with Gasteiger partial charge < -0.3 is 24.2 Å². The van der Waals surface area contributed by atoms with Gasteiger partial charge in [-0.25, -0.2) is 0 Å². The smallest absolute Gasteiger partial charge is 0.295 e. The van der Waals surface area contributed by atoms with E-state index in [2.05, 4.69) is 0 Å². The summed E-state index contributed by atoms with van der Waals surface area (Å²) >= 11 is 6.11. The number of halogens is 1. The third-order valence-corrected chi connectivity index (χ3v) is 6.13. The molecule has 2 unspecified atom stereocenters. The van der Waals surface area contributed by atoms with Gasteiger partial charge in [0.15, 0.2) is 0 Å². The van der Waals surface area contributed by atoms with Gasteiger partial charge in [0.2, 0.25) is 0 Å². The number of likely N-dealkylation sites (tertiary alicyclic amines) is 1. The molecule has 8 heteroatoms. The summed E-state index contributed by atoms with van der Waals surface area (Å²) in [7, 11) is 3.02. The number of rotatable bonds is 6. The van der Waals surface area contributed by atoms with Crippen molar-refractivity contribution < 1.29 is 28.9 Å². The van der Waals surface area contributed by atoms with Gasteiger partial charge in [0.1, 0.15) is 17.3 Å². The zero-order valence-electron chi connectivity index (χ0n) is 17.8. The Hall–Kier alpha value is -3.03. The van der Waals surface area contributed by atoms with Gasteiger partial charge in [-0.15, -0.1) is 0 Å². The molecule has 1 N–H and O–H groups in total. The molecule has 4 rings (SSSR count). The number of aliphatic hydroxyl groups excluding tert-OH is 1. The molecule has 2 aliphatic rings. The highest BCUT2D eigenvalue weighted by Gasteiger charge is 2.47. The van der Waals surface area contributed by atoms with Crippen LogP contribution in [0.4, 0.5) is 0 Å². The van der Waals surface area contributed by atoms with E-state index in [0.717, 1.165) is 12.8 Å². The van der Waals surface area contributed by atoms with Crippen LogP contribution in [0.25, 0.3) is 5.76 Å². The summed E-state index contributed by atoms with van der Waals surface area (Å²) in [6, 6.07) is 11.0. The van der Waals surface area contributed by atoms with Crippen LogP contribution in [-0.2, 0) is 14.3 Å². The van der Waals surface area contributed by atoms with E-state index in [-0.39, 0.29) is 24.0 Å². The first-order chi connectivity index (χ1) is 15.4. The van der Waals surface area contributed by atoms with Crippen molar-refractivity contribution in [1.82, 2.24) is 4.90 Å². The van der Waals surface area contributed by atoms with Crippen molar-refractivity contribution in [2.24, 2.45) is 0 Å². The SMILES string of the molecule is COc1ccc(C2/C(=C(/O)c3ccc(Cl)c(OC)c3)C(=O)C(=O)N2CC2CCCO2)cc1. The molecule has 2 fully saturated rings. The molecule has 0 radical (unpaired) electrons. The maximum absolute atomic E-state index is 13.1. The molecule has 168 valence electrons. The third-order valence-electron chi connectivity index (χ3n) is 5.82. The molecule has 32 heavy (non-hydrogen) atoms. The van der Waals surface area contributed by atoms with Crippen LogP contribution in [0.5, 0.6) is 11.5 Å². The largest absolute Gasteiger partial charge is 0.507 e. The van der Waals surface area contributed by atoms with Crippen molar-refractivity contribution in [2.75, 3.05) is 27.4 Å². The summed E-state index contributed by atoms with van der Waals surface area (Å²) in [5.74, 6) is -0.689. The van der Waals surface area contributed by atoms with Gasteiger partial charge in [0.05, 0.1) is 37.0 Å². The van der Waals surface area contributed by atoms with Crippen LogP contribution in [-0.4, -0.2) is 55.2 Å². The van der Waals surface area contributed by atoms with E-state index in [1.54, 1.807) is 43.5 Å². The number of ketones is 1. The van der Waals surface area contributed by atoms with Crippen molar-refractivity contribution in [1.29, 1.82) is 0 Å². The average molecular weight is 458 g/mol. The van der Waals surface area contributed by atoms with E-state index in [1.807, 2.05) is 0 Å². The Bertz CT molecular complexity index is 1060. The molecular weight excluding hydrogens is 434 g/mol. The minimum atomic E-state index is -0.758. The molecule has 2 saturated heterocycles. The zero-order valence-corrected chi connectivity index (χ0v) is 18.6. The lowest BCUT2D eigenvalue weighted by atomic mass is 9.95. The predicted molar refractivity (Wildman–Crippen MR) is 119 cm³/mol. The summed E-state index contributed by atoms with van der Waals surface area (Å²) < 4.78 is 16.2. The second-order valence-corrected chi connectivity index (χ2v) is 8.12. The summed E-state index contributed by atoms with van der Waals surface area (Å²) in [6.45, 7) is 0.897. The summed E-state index contributed by atoms with van der Waals surface area (Å²) in [4.78, 5) is 27.6. The Morgan fingerprint density at radius 3 is 2.53 bits per heavy atom. The molecule has 1 amide bonds. The lowest BCUT2D eigenvalue weighted by Crippen LogP contribution is -2.36. The number of ether oxygens (including phenoxy) is 3. The van der Waals surface area contributed by atoms with Crippen molar-refractivity contribution >= 4 is 29.1 Å². The van der Waals surface area contributed by atoms with Gasteiger partial charge in [-0.3, -0.25) is 9.59 Å². The number of Topliss-reactive ketones (excluding diaryl/α,β-unsaturated/α-hetero) is 1. The summed E-state index contributed by atoms with van der Waals surface area (Å²) in [6.07, 6.45) is 1.57. The molecule has 2 heterocycles. The molecule has 2 aromatic carbocycles. The number of nitrogens with zero attached hydrogens (tertiary/aromatic N) is 1. The molecule has 0 bridgehead atoms. The predicted octanol–water partition coefficient (Wildman–Crippen LogP) is 3.96. The monoisotopic (exact) mass is 457 g/mol. The number of hydrogen-bond donors (Lipinski definition) is 1. The highest BCUT2D eigenvalue weighted by atomic mass is 35.5. The minimum absolute atomic E-state index is 0.0162. The highest BCUT2D eigenvalue weighted by Crippen LogP contribution is 2.41. The summed E-state index contributed by atoms with van der Waals surface area (Å²) in [5, 5.41) is 11.5. The van der Waals surface area contributed by atoms with E-state index in [9.17, 15) is 14.7 Å². The first-order valence-electron chi connectivity index (χ1n) is 10.3. The molecule has 2 atom stereocenters. The maximum Gasteiger partial charge on any atom is 0.295 e. The van der Waals surface area contributed by atoms with E-state index >= 15 is 0 Å². The fourth-order valence-corrected chi connectivity index (χ4v) is 4.37. The summed E-state index contributed by atoms with van der Waals surface area (Å²) in [5.41, 5.74) is 1.04. The second-order valence-electron chi connectivity index (χ2n) is 7.71. The van der Waals surface area contributed by atoms with Gasteiger partial charge in [0, 0.05) is 18.7 Å². The number of carbonyl (C=O) groups is 2. The van der Waals surface area contributed by atoms with Crippen molar-refractivity contribution in [3.8, 4) is 11.5 Å². The van der Waals surface area contributed by atoms with Crippen molar-refractivity contribution in [2.45, 2.75) is 25.0 Å². The number of aliphatic hydroxyl groups is 1. The molecule has 2 aromatic rings. The number of methoxy groups -OCH3 is 2. The quantitative estimate of drug-likeness (QED) is 0.401. The number of benzene rings is 2. The normalized spacial score (nSPS) is 22.4. The van der Waals surface area contributed by atoms with E-state index in [0.29, 0.717) is 34.3 Å². The van der Waals surface area contributed by atoms with Crippen molar-refractivity contribution in [3.63, 3.8) is 0 Å². The van der Waals surface area contributed by atoms with E-state index in [1.165, 1.54) is 18.1 Å². The topological polar surface area (TPSA) is 85.3 Å². The molecule has 7 nitrogen and oxygen atoms in total. The fraction of sp³-hybridized carbons (Fsp3) is 0.333. The van der Waals surface area contributed by atoms with E-state index in [4.69, 9.17) is 25.8 Å². The fourth-order valence-electron chi connectivity index (χ4n) is 4.17. The van der Waals surface area contributed by atoms with E-state index < -0.39 is 17.7 Å². The van der Waals surface area contributed by atoms with Crippen molar-refractivity contribution in [3.05, 3.63) is 64.2 Å². The van der Waals surface area contributed by atoms with Crippen LogP contribution in [0.3, 0.4) is 0 Å². The third kappa shape index (κ3) is 4.06. The Morgan fingerprint density at radius 1 is 1.16 bits per heavy atom. The Balaban J connectivity index is 1.82. The maximum atomic E-state index is 13.1. The standard InChI is InChI=1S/C24H24ClNO6/c1-30-16-8-5-14(6-9-16)21-20(22(27)15-7-10-18(25)19(12-15)31-2)23(28)24(29)26(21)13-17-4-3-11-32-17/h5-10,12,17,21,27H,3-4,11,13H2,1-2H3/b22-20-. The molecule has 0 aromatic heterocycles. The van der Waals surface area contributed by atoms with Crippen LogP contribution in [0, 0.1) is 0 Å². The molecular formula is C24H24ClNO6. The molecule has 0 saturated carbocycles. The van der Waals surface area contributed by atoms with Crippen LogP contribution in [0.1, 0.15) is 30.0 Å². The van der Waals surface area contributed by atoms with Crippen LogP contribution in [0.15, 0.2) is 48.0 Å². The van der Waals surface area contributed by atoms with Gasteiger partial charge in [0.25, 0.3) is 11.7 Å². The lowest BCUT2D eigenvalue weighted by molar-refractivity contribution is -0.140. The molecule has 0 spiro atoms. The molecule has 0 aliphatic carbocycles. The highest BCUT2D eigenvalue weighted by molar-refractivity contribution is 6.46. The lowest BCUT2D eigenvalue weighted by Gasteiger charge is -2.27. The van der Waals surface area contributed by atoms with Gasteiger partial charge in [-0.1, -0.05) is 23.7 Å². The average Bonchev–Trinajstić information content (AvgIpc) is 3.41. The zero-order chi connectivity index (χ0) is 22.8.